The summed E-state index contributed by atoms with van der Waals surface area (Å²) in [7, 11) is 0. The molecule has 1 rings (SSSR count). The van der Waals surface area contributed by atoms with Crippen molar-refractivity contribution in [3.8, 4) is 0 Å². The van der Waals surface area contributed by atoms with Gasteiger partial charge in [0.1, 0.15) is 0 Å². The van der Waals surface area contributed by atoms with Crippen molar-refractivity contribution in [2.75, 3.05) is 6.54 Å². The van der Waals surface area contributed by atoms with Gasteiger partial charge < -0.3 is 15.9 Å². The average Bonchev–Trinajstić information content (AvgIpc) is 2.35. The third-order valence-corrected chi connectivity index (χ3v) is 2.80. The summed E-state index contributed by atoms with van der Waals surface area (Å²) in [6.45, 7) is 0.477. The zero-order valence-corrected chi connectivity index (χ0v) is 9.75. The van der Waals surface area contributed by atoms with Gasteiger partial charge in [-0.15, -0.1) is 0 Å². The van der Waals surface area contributed by atoms with E-state index in [9.17, 15) is 9.90 Å². The Labute approximate surface area is 101 Å². The highest BCUT2D eigenvalue weighted by atomic mass is 16.4. The second-order valence-corrected chi connectivity index (χ2v) is 4.13. The van der Waals surface area contributed by atoms with Gasteiger partial charge in [0.2, 0.25) is 0 Å². The Kier molecular flexibility index (Phi) is 5.66. The second kappa shape index (κ2) is 7.04. The molecular weight excluding hydrogens is 218 g/mol. The van der Waals surface area contributed by atoms with Crippen molar-refractivity contribution in [1.29, 1.82) is 0 Å². The van der Waals surface area contributed by atoms with Crippen molar-refractivity contribution >= 4 is 5.97 Å². The smallest absolute Gasteiger partial charge is 0.306 e. The van der Waals surface area contributed by atoms with E-state index in [1.54, 1.807) is 12.1 Å². The van der Waals surface area contributed by atoms with Crippen LogP contribution in [0.5, 0.6) is 0 Å². The lowest BCUT2D eigenvalue weighted by Crippen LogP contribution is -2.18. The highest BCUT2D eigenvalue weighted by Crippen LogP contribution is 2.23. The molecule has 0 saturated carbocycles. The normalized spacial score (nSPS) is 14.2. The summed E-state index contributed by atoms with van der Waals surface area (Å²) in [5, 5.41) is 19.0. The molecule has 0 radical (unpaired) electrons. The van der Waals surface area contributed by atoms with Gasteiger partial charge in [-0.25, -0.2) is 0 Å². The van der Waals surface area contributed by atoms with Gasteiger partial charge in [0.15, 0.2) is 0 Å². The number of rotatable bonds is 7. The molecule has 0 aliphatic rings. The number of aliphatic hydroxyl groups is 1. The van der Waals surface area contributed by atoms with E-state index < -0.39 is 18.0 Å². The van der Waals surface area contributed by atoms with Crippen LogP contribution in [0.1, 0.15) is 30.9 Å². The molecule has 94 valence electrons. The van der Waals surface area contributed by atoms with Gasteiger partial charge in [-0.3, -0.25) is 4.79 Å². The molecule has 2 atom stereocenters. The van der Waals surface area contributed by atoms with E-state index in [1.165, 1.54) is 0 Å². The SMILES string of the molecule is NCCCC(CC(O)c1ccccc1)C(=O)O. The molecule has 1 aromatic rings. The lowest BCUT2D eigenvalue weighted by atomic mass is 9.93. The summed E-state index contributed by atoms with van der Waals surface area (Å²) in [6.07, 6.45) is 0.683. The molecule has 0 bridgehead atoms. The second-order valence-electron chi connectivity index (χ2n) is 4.13. The van der Waals surface area contributed by atoms with Crippen molar-refractivity contribution in [1.82, 2.24) is 0 Å². The molecule has 0 amide bonds. The fraction of sp³-hybridized carbons (Fsp3) is 0.462. The number of aliphatic carboxylic acids is 1. The van der Waals surface area contributed by atoms with Crippen LogP contribution in [0.15, 0.2) is 30.3 Å². The van der Waals surface area contributed by atoms with E-state index in [-0.39, 0.29) is 6.42 Å². The number of hydrogen-bond donors (Lipinski definition) is 3. The fourth-order valence-corrected chi connectivity index (χ4v) is 1.79. The van der Waals surface area contributed by atoms with Crippen LogP contribution in [0.3, 0.4) is 0 Å². The molecule has 0 heterocycles. The van der Waals surface area contributed by atoms with Gasteiger partial charge in [-0.05, 0) is 31.4 Å². The Morgan fingerprint density at radius 2 is 1.94 bits per heavy atom. The van der Waals surface area contributed by atoms with Crippen molar-refractivity contribution < 1.29 is 15.0 Å². The molecule has 4 heteroatoms. The van der Waals surface area contributed by atoms with Crippen LogP contribution in [-0.2, 0) is 4.79 Å². The summed E-state index contributed by atoms with van der Waals surface area (Å²) >= 11 is 0. The number of aliphatic hydroxyl groups excluding tert-OH is 1. The van der Waals surface area contributed by atoms with E-state index in [0.717, 1.165) is 5.56 Å². The van der Waals surface area contributed by atoms with Crippen molar-refractivity contribution in [2.45, 2.75) is 25.4 Å². The minimum absolute atomic E-state index is 0.235. The summed E-state index contributed by atoms with van der Waals surface area (Å²) in [4.78, 5) is 11.0. The van der Waals surface area contributed by atoms with Crippen LogP contribution < -0.4 is 5.73 Å². The monoisotopic (exact) mass is 237 g/mol. The zero-order chi connectivity index (χ0) is 12.7. The zero-order valence-electron chi connectivity index (χ0n) is 9.75. The first-order chi connectivity index (χ1) is 8.15. The van der Waals surface area contributed by atoms with Crippen molar-refractivity contribution in [3.63, 3.8) is 0 Å². The number of benzene rings is 1. The molecule has 4 N–H and O–H groups in total. The first-order valence-electron chi connectivity index (χ1n) is 5.81. The first kappa shape index (κ1) is 13.7. The molecule has 0 fully saturated rings. The summed E-state index contributed by atoms with van der Waals surface area (Å²) in [6, 6.07) is 9.11. The minimum Gasteiger partial charge on any atom is -0.481 e. The van der Waals surface area contributed by atoms with Gasteiger partial charge in [0, 0.05) is 0 Å². The standard InChI is InChI=1S/C13H19NO3/c14-8-4-7-11(13(16)17)9-12(15)10-5-2-1-3-6-10/h1-3,5-6,11-12,15H,4,7-9,14H2,(H,16,17). The molecule has 0 aromatic heterocycles. The Balaban J connectivity index is 2.58. The van der Waals surface area contributed by atoms with E-state index in [1.807, 2.05) is 18.2 Å². The number of nitrogens with two attached hydrogens (primary N) is 1. The van der Waals surface area contributed by atoms with E-state index >= 15 is 0 Å². The summed E-state index contributed by atoms with van der Waals surface area (Å²) in [5.41, 5.74) is 6.12. The van der Waals surface area contributed by atoms with Gasteiger partial charge in [0.25, 0.3) is 0 Å². The maximum Gasteiger partial charge on any atom is 0.306 e. The molecule has 1 aromatic carbocycles. The lowest BCUT2D eigenvalue weighted by Gasteiger charge is -2.16. The molecule has 0 aliphatic heterocycles. The van der Waals surface area contributed by atoms with E-state index in [4.69, 9.17) is 10.8 Å². The average molecular weight is 237 g/mol. The highest BCUT2D eigenvalue weighted by molar-refractivity contribution is 5.70. The van der Waals surface area contributed by atoms with Crippen LogP contribution >= 0.6 is 0 Å². The molecule has 4 nitrogen and oxygen atoms in total. The third-order valence-electron chi connectivity index (χ3n) is 2.80. The Morgan fingerprint density at radius 1 is 1.29 bits per heavy atom. The van der Waals surface area contributed by atoms with Crippen LogP contribution in [0.4, 0.5) is 0 Å². The van der Waals surface area contributed by atoms with Gasteiger partial charge >= 0.3 is 5.97 Å². The maximum absolute atomic E-state index is 11.0. The van der Waals surface area contributed by atoms with Crippen LogP contribution in [-0.4, -0.2) is 22.7 Å². The quantitative estimate of drug-likeness (QED) is 0.671. The predicted octanol–water partition coefficient (Wildman–Crippen LogP) is 1.55. The number of carboxylic acids is 1. The third kappa shape index (κ3) is 4.54. The predicted molar refractivity (Wildman–Crippen MR) is 65.4 cm³/mol. The van der Waals surface area contributed by atoms with E-state index in [0.29, 0.717) is 19.4 Å². The minimum atomic E-state index is -0.867. The molecule has 2 unspecified atom stereocenters. The van der Waals surface area contributed by atoms with Crippen LogP contribution in [0.25, 0.3) is 0 Å². The van der Waals surface area contributed by atoms with Gasteiger partial charge in [-0.1, -0.05) is 30.3 Å². The van der Waals surface area contributed by atoms with Gasteiger partial charge in [-0.2, -0.15) is 0 Å². The Morgan fingerprint density at radius 3 is 2.47 bits per heavy atom. The lowest BCUT2D eigenvalue weighted by molar-refractivity contribution is -0.143. The number of carbonyl (C=O) groups is 1. The van der Waals surface area contributed by atoms with Crippen molar-refractivity contribution in [3.05, 3.63) is 35.9 Å². The first-order valence-corrected chi connectivity index (χ1v) is 5.81. The topological polar surface area (TPSA) is 83.5 Å². The number of carboxylic acid groups (broad SMARTS) is 1. The highest BCUT2D eigenvalue weighted by Gasteiger charge is 2.21. The van der Waals surface area contributed by atoms with Gasteiger partial charge in [0.05, 0.1) is 12.0 Å². The molecule has 0 saturated heterocycles. The maximum atomic E-state index is 11.0. The summed E-state index contributed by atoms with van der Waals surface area (Å²) in [5.74, 6) is -1.40. The Bertz CT molecular complexity index is 340. The van der Waals surface area contributed by atoms with Crippen LogP contribution in [0.2, 0.25) is 0 Å². The number of hydrogen-bond acceptors (Lipinski definition) is 3. The van der Waals surface area contributed by atoms with Crippen LogP contribution in [0, 0.1) is 5.92 Å². The molecular formula is C13H19NO3. The van der Waals surface area contributed by atoms with Crippen molar-refractivity contribution in [2.24, 2.45) is 11.7 Å². The Hall–Kier alpha value is -1.39. The van der Waals surface area contributed by atoms with E-state index in [2.05, 4.69) is 0 Å². The molecule has 0 aliphatic carbocycles. The molecule has 17 heavy (non-hydrogen) atoms. The molecule has 0 spiro atoms. The largest absolute Gasteiger partial charge is 0.481 e. The fourth-order valence-electron chi connectivity index (χ4n) is 1.79. The summed E-state index contributed by atoms with van der Waals surface area (Å²) < 4.78 is 0.